The Bertz CT molecular complexity index is 345. The highest BCUT2D eigenvalue weighted by molar-refractivity contribution is 5.29. The predicted molar refractivity (Wildman–Crippen MR) is 73.1 cm³/mol. The smallest absolute Gasteiger partial charge is 0.0471 e. The lowest BCUT2D eigenvalue weighted by Crippen LogP contribution is -2.27. The number of aliphatic hydroxyl groups excluding tert-OH is 1. The Labute approximate surface area is 105 Å². The van der Waals surface area contributed by atoms with Gasteiger partial charge in [0.2, 0.25) is 0 Å². The Hall–Kier alpha value is -0.860. The fraction of sp³-hybridized carbons (Fsp3) is 0.600. The van der Waals surface area contributed by atoms with Crippen LogP contribution < -0.4 is 0 Å². The second-order valence-electron chi connectivity index (χ2n) is 5.07. The van der Waals surface area contributed by atoms with Gasteiger partial charge in [0.15, 0.2) is 0 Å². The molecule has 0 fully saturated rings. The molecule has 0 saturated carbocycles. The van der Waals surface area contributed by atoms with Crippen LogP contribution >= 0.6 is 0 Å². The number of hydrogen-bond acceptors (Lipinski definition) is 2. The first-order chi connectivity index (χ1) is 8.06. The minimum Gasteiger partial charge on any atom is -0.396 e. The van der Waals surface area contributed by atoms with Crippen LogP contribution in [0.1, 0.15) is 30.0 Å². The molecule has 96 valence electrons. The summed E-state index contributed by atoms with van der Waals surface area (Å²) >= 11 is 0. The van der Waals surface area contributed by atoms with Gasteiger partial charge in [-0.2, -0.15) is 0 Å². The molecule has 0 amide bonds. The van der Waals surface area contributed by atoms with Crippen molar-refractivity contribution < 1.29 is 5.11 Å². The van der Waals surface area contributed by atoms with E-state index < -0.39 is 0 Å². The molecule has 0 saturated heterocycles. The first kappa shape index (κ1) is 14.2. The highest BCUT2D eigenvalue weighted by atomic mass is 16.3. The molecule has 1 unspecified atom stereocenters. The summed E-state index contributed by atoms with van der Waals surface area (Å²) in [5.74, 6) is 0.395. The standard InChI is InChI=1S/C15H25NO/c1-5-14(11-17)9-16(4)10-15-7-6-12(2)13(3)8-15/h6-8,14,17H,5,9-11H2,1-4H3. The zero-order valence-electron chi connectivity index (χ0n) is 11.5. The molecular formula is C15H25NO. The maximum Gasteiger partial charge on any atom is 0.0471 e. The van der Waals surface area contributed by atoms with Crippen LogP contribution in [0.2, 0.25) is 0 Å². The van der Waals surface area contributed by atoms with E-state index in [1.807, 2.05) is 0 Å². The monoisotopic (exact) mass is 235 g/mol. The number of nitrogens with zero attached hydrogens (tertiary/aromatic N) is 1. The van der Waals surface area contributed by atoms with Crippen LogP contribution in [0.5, 0.6) is 0 Å². The molecule has 1 aromatic carbocycles. The Kier molecular flexibility index (Phi) is 5.66. The molecule has 0 aliphatic carbocycles. The van der Waals surface area contributed by atoms with Crippen molar-refractivity contribution in [2.75, 3.05) is 20.2 Å². The first-order valence-electron chi connectivity index (χ1n) is 6.42. The predicted octanol–water partition coefficient (Wildman–Crippen LogP) is 2.75. The lowest BCUT2D eigenvalue weighted by Gasteiger charge is -2.22. The number of hydrogen-bond donors (Lipinski definition) is 1. The molecule has 0 aromatic heterocycles. The second-order valence-corrected chi connectivity index (χ2v) is 5.07. The van der Waals surface area contributed by atoms with Gasteiger partial charge in [-0.1, -0.05) is 25.1 Å². The van der Waals surface area contributed by atoms with Crippen LogP contribution in [0.4, 0.5) is 0 Å². The SMILES string of the molecule is CCC(CO)CN(C)Cc1ccc(C)c(C)c1. The van der Waals surface area contributed by atoms with Crippen molar-refractivity contribution >= 4 is 0 Å². The maximum absolute atomic E-state index is 9.19. The minimum absolute atomic E-state index is 0.285. The largest absolute Gasteiger partial charge is 0.396 e. The summed E-state index contributed by atoms with van der Waals surface area (Å²) in [4.78, 5) is 2.29. The van der Waals surface area contributed by atoms with E-state index in [0.717, 1.165) is 19.5 Å². The van der Waals surface area contributed by atoms with Gasteiger partial charge in [-0.25, -0.2) is 0 Å². The van der Waals surface area contributed by atoms with Crippen LogP contribution in [0.15, 0.2) is 18.2 Å². The van der Waals surface area contributed by atoms with Crippen molar-refractivity contribution in [1.82, 2.24) is 4.90 Å². The average Bonchev–Trinajstić information content (AvgIpc) is 2.31. The highest BCUT2D eigenvalue weighted by Crippen LogP contribution is 2.12. The first-order valence-corrected chi connectivity index (χ1v) is 6.42. The summed E-state index contributed by atoms with van der Waals surface area (Å²) in [6, 6.07) is 6.63. The van der Waals surface area contributed by atoms with Crippen LogP contribution in [0.3, 0.4) is 0 Å². The average molecular weight is 235 g/mol. The molecule has 1 atom stereocenters. The molecule has 1 N–H and O–H groups in total. The minimum atomic E-state index is 0.285. The van der Waals surface area contributed by atoms with Crippen LogP contribution in [-0.2, 0) is 6.54 Å². The quantitative estimate of drug-likeness (QED) is 0.819. The summed E-state index contributed by atoms with van der Waals surface area (Å²) in [6.45, 7) is 8.62. The highest BCUT2D eigenvalue weighted by Gasteiger charge is 2.09. The lowest BCUT2D eigenvalue weighted by molar-refractivity contribution is 0.173. The summed E-state index contributed by atoms with van der Waals surface area (Å²) in [5, 5.41) is 9.19. The van der Waals surface area contributed by atoms with Gasteiger partial charge in [0, 0.05) is 19.7 Å². The molecule has 0 aliphatic heterocycles. The maximum atomic E-state index is 9.19. The normalized spacial score (nSPS) is 13.1. The third-order valence-corrected chi connectivity index (χ3v) is 3.43. The summed E-state index contributed by atoms with van der Waals surface area (Å²) in [6.07, 6.45) is 1.04. The summed E-state index contributed by atoms with van der Waals surface area (Å²) in [5.41, 5.74) is 4.05. The van der Waals surface area contributed by atoms with Gasteiger partial charge in [0.25, 0.3) is 0 Å². The van der Waals surface area contributed by atoms with Gasteiger partial charge in [-0.3, -0.25) is 0 Å². The molecule has 2 heteroatoms. The molecule has 0 bridgehead atoms. The van der Waals surface area contributed by atoms with Crippen molar-refractivity contribution in [3.63, 3.8) is 0 Å². The van der Waals surface area contributed by atoms with Crippen LogP contribution in [0.25, 0.3) is 0 Å². The van der Waals surface area contributed by atoms with Crippen molar-refractivity contribution in [3.05, 3.63) is 34.9 Å². The van der Waals surface area contributed by atoms with E-state index in [1.165, 1.54) is 16.7 Å². The molecule has 0 aliphatic rings. The number of benzene rings is 1. The van der Waals surface area contributed by atoms with Crippen molar-refractivity contribution in [2.45, 2.75) is 33.7 Å². The number of aryl methyl sites for hydroxylation is 2. The number of rotatable bonds is 6. The van der Waals surface area contributed by atoms with Gasteiger partial charge in [-0.15, -0.1) is 0 Å². The zero-order chi connectivity index (χ0) is 12.8. The molecule has 2 nitrogen and oxygen atoms in total. The van der Waals surface area contributed by atoms with Crippen molar-refractivity contribution in [3.8, 4) is 0 Å². The Morgan fingerprint density at radius 1 is 1.24 bits per heavy atom. The third-order valence-electron chi connectivity index (χ3n) is 3.43. The fourth-order valence-corrected chi connectivity index (χ4v) is 2.03. The molecule has 17 heavy (non-hydrogen) atoms. The van der Waals surface area contributed by atoms with Crippen LogP contribution in [-0.4, -0.2) is 30.2 Å². The van der Waals surface area contributed by atoms with E-state index in [9.17, 15) is 5.11 Å². The van der Waals surface area contributed by atoms with Gasteiger partial charge in [0.05, 0.1) is 0 Å². The Morgan fingerprint density at radius 2 is 1.94 bits per heavy atom. The van der Waals surface area contributed by atoms with Crippen molar-refractivity contribution in [1.29, 1.82) is 0 Å². The second kappa shape index (κ2) is 6.77. The van der Waals surface area contributed by atoms with Crippen molar-refractivity contribution in [2.24, 2.45) is 5.92 Å². The van der Waals surface area contributed by atoms with E-state index in [4.69, 9.17) is 0 Å². The van der Waals surface area contributed by atoms with E-state index in [2.05, 4.69) is 50.9 Å². The molecular weight excluding hydrogens is 210 g/mol. The van der Waals surface area contributed by atoms with E-state index in [0.29, 0.717) is 5.92 Å². The van der Waals surface area contributed by atoms with Crippen LogP contribution in [0, 0.1) is 19.8 Å². The zero-order valence-corrected chi connectivity index (χ0v) is 11.5. The Balaban J connectivity index is 2.55. The number of aliphatic hydroxyl groups is 1. The van der Waals surface area contributed by atoms with Gasteiger partial charge in [0.1, 0.15) is 0 Å². The molecule has 0 radical (unpaired) electrons. The lowest BCUT2D eigenvalue weighted by atomic mass is 10.0. The topological polar surface area (TPSA) is 23.5 Å². The fourth-order valence-electron chi connectivity index (χ4n) is 2.03. The summed E-state index contributed by atoms with van der Waals surface area (Å²) in [7, 11) is 2.12. The molecule has 1 aromatic rings. The van der Waals surface area contributed by atoms with Gasteiger partial charge >= 0.3 is 0 Å². The molecule has 1 rings (SSSR count). The van der Waals surface area contributed by atoms with E-state index >= 15 is 0 Å². The van der Waals surface area contributed by atoms with E-state index in [1.54, 1.807) is 0 Å². The Morgan fingerprint density at radius 3 is 2.47 bits per heavy atom. The molecule has 0 spiro atoms. The van der Waals surface area contributed by atoms with E-state index in [-0.39, 0.29) is 6.61 Å². The molecule has 0 heterocycles. The van der Waals surface area contributed by atoms with Gasteiger partial charge in [-0.05, 0) is 49.9 Å². The van der Waals surface area contributed by atoms with Gasteiger partial charge < -0.3 is 10.0 Å². The summed E-state index contributed by atoms with van der Waals surface area (Å²) < 4.78 is 0. The third kappa shape index (κ3) is 4.49.